The zero-order valence-corrected chi connectivity index (χ0v) is 13.6. The number of halogens is 2. The molecular formula is C12H13BrClNO4S. The zero-order valence-electron chi connectivity index (χ0n) is 10.4. The van der Waals surface area contributed by atoms with Crippen LogP contribution in [0.25, 0.3) is 0 Å². The van der Waals surface area contributed by atoms with Crippen molar-refractivity contribution < 1.29 is 18.3 Å². The highest BCUT2D eigenvalue weighted by atomic mass is 79.9. The van der Waals surface area contributed by atoms with Gasteiger partial charge in [0.1, 0.15) is 0 Å². The molecular weight excluding hydrogens is 370 g/mol. The Morgan fingerprint density at radius 2 is 2.15 bits per heavy atom. The summed E-state index contributed by atoms with van der Waals surface area (Å²) in [6, 6.07) is 4.43. The van der Waals surface area contributed by atoms with Gasteiger partial charge in [-0.05, 0) is 47.0 Å². The molecule has 110 valence electrons. The van der Waals surface area contributed by atoms with E-state index in [9.17, 15) is 13.2 Å². The Morgan fingerprint density at radius 3 is 2.75 bits per heavy atom. The van der Waals surface area contributed by atoms with Crippen molar-refractivity contribution in [1.29, 1.82) is 0 Å². The Kier molecular flexibility index (Phi) is 4.73. The number of hydrogen-bond acceptors (Lipinski definition) is 3. The average molecular weight is 383 g/mol. The van der Waals surface area contributed by atoms with Gasteiger partial charge in [0.25, 0.3) is 0 Å². The lowest BCUT2D eigenvalue weighted by atomic mass is 10.0. The molecule has 0 spiro atoms. The molecule has 0 amide bonds. The maximum Gasteiger partial charge on any atom is 0.307 e. The Labute approximate surface area is 130 Å². The minimum atomic E-state index is -3.71. The van der Waals surface area contributed by atoms with Crippen molar-refractivity contribution in [2.75, 3.05) is 13.1 Å². The van der Waals surface area contributed by atoms with E-state index < -0.39 is 21.9 Å². The lowest BCUT2D eigenvalue weighted by Crippen LogP contribution is -2.42. The van der Waals surface area contributed by atoms with E-state index in [1.807, 2.05) is 0 Å². The molecule has 20 heavy (non-hydrogen) atoms. The molecule has 1 aliphatic heterocycles. The van der Waals surface area contributed by atoms with Crippen LogP contribution < -0.4 is 0 Å². The number of sulfonamides is 1. The molecule has 1 aromatic carbocycles. The molecule has 1 atom stereocenters. The van der Waals surface area contributed by atoms with Crippen molar-refractivity contribution in [3.63, 3.8) is 0 Å². The number of benzene rings is 1. The van der Waals surface area contributed by atoms with E-state index in [4.69, 9.17) is 16.7 Å². The highest BCUT2D eigenvalue weighted by molar-refractivity contribution is 9.10. The first-order chi connectivity index (χ1) is 9.32. The van der Waals surface area contributed by atoms with Gasteiger partial charge >= 0.3 is 5.97 Å². The van der Waals surface area contributed by atoms with Crippen molar-refractivity contribution in [2.45, 2.75) is 17.7 Å². The Bertz CT molecular complexity index is 634. The van der Waals surface area contributed by atoms with Crippen molar-refractivity contribution in [3.8, 4) is 0 Å². The smallest absolute Gasteiger partial charge is 0.307 e. The second-order valence-corrected chi connectivity index (χ2v) is 7.81. The largest absolute Gasteiger partial charge is 0.481 e. The van der Waals surface area contributed by atoms with Gasteiger partial charge in [-0.1, -0.05) is 11.6 Å². The summed E-state index contributed by atoms with van der Waals surface area (Å²) < 4.78 is 26.7. The first-order valence-electron chi connectivity index (χ1n) is 6.00. The molecule has 1 saturated heterocycles. The molecule has 2 rings (SSSR count). The Balaban J connectivity index is 2.32. The van der Waals surface area contributed by atoms with Crippen LogP contribution in [0.3, 0.4) is 0 Å². The van der Waals surface area contributed by atoms with E-state index in [1.165, 1.54) is 22.5 Å². The molecule has 0 saturated carbocycles. The van der Waals surface area contributed by atoms with Crippen LogP contribution >= 0.6 is 27.5 Å². The van der Waals surface area contributed by atoms with Crippen LogP contribution in [0.15, 0.2) is 27.6 Å². The predicted octanol–water partition coefficient (Wildman–Crippen LogP) is 2.59. The average Bonchev–Trinajstić information content (AvgIpc) is 2.38. The Morgan fingerprint density at radius 1 is 1.45 bits per heavy atom. The number of rotatable bonds is 3. The fourth-order valence-corrected chi connectivity index (χ4v) is 5.05. The van der Waals surface area contributed by atoms with Crippen LogP contribution in [0.2, 0.25) is 5.02 Å². The molecule has 5 nitrogen and oxygen atoms in total. The summed E-state index contributed by atoms with van der Waals surface area (Å²) in [5, 5.41) is 9.46. The van der Waals surface area contributed by atoms with Gasteiger partial charge in [-0.2, -0.15) is 4.31 Å². The van der Waals surface area contributed by atoms with Gasteiger partial charge in [-0.15, -0.1) is 0 Å². The fourth-order valence-electron chi connectivity index (χ4n) is 2.19. The second kappa shape index (κ2) is 6.01. The molecule has 1 unspecified atom stereocenters. The van der Waals surface area contributed by atoms with Gasteiger partial charge in [-0.25, -0.2) is 8.42 Å². The third-order valence-corrected chi connectivity index (χ3v) is 6.32. The van der Waals surface area contributed by atoms with E-state index in [1.54, 1.807) is 0 Å². The minimum absolute atomic E-state index is 0.00668. The highest BCUT2D eigenvalue weighted by Crippen LogP contribution is 2.30. The van der Waals surface area contributed by atoms with Crippen LogP contribution in [-0.2, 0) is 14.8 Å². The fraction of sp³-hybridized carbons (Fsp3) is 0.417. The van der Waals surface area contributed by atoms with Crippen molar-refractivity contribution >= 4 is 43.5 Å². The first-order valence-corrected chi connectivity index (χ1v) is 8.61. The number of carboxylic acids is 1. The van der Waals surface area contributed by atoms with Crippen molar-refractivity contribution in [3.05, 3.63) is 27.7 Å². The van der Waals surface area contributed by atoms with E-state index in [-0.39, 0.29) is 11.4 Å². The molecule has 0 aliphatic carbocycles. The van der Waals surface area contributed by atoms with Crippen LogP contribution in [0.5, 0.6) is 0 Å². The predicted molar refractivity (Wildman–Crippen MR) is 78.3 cm³/mol. The third kappa shape index (κ3) is 3.16. The molecule has 1 aliphatic rings. The monoisotopic (exact) mass is 381 g/mol. The van der Waals surface area contributed by atoms with E-state index in [0.29, 0.717) is 28.9 Å². The lowest BCUT2D eigenvalue weighted by Gasteiger charge is -2.30. The van der Waals surface area contributed by atoms with Crippen molar-refractivity contribution in [1.82, 2.24) is 4.31 Å². The van der Waals surface area contributed by atoms with Crippen LogP contribution in [0, 0.1) is 5.92 Å². The summed E-state index contributed by atoms with van der Waals surface area (Å²) in [6.07, 6.45) is 1.05. The van der Waals surface area contributed by atoms with E-state index >= 15 is 0 Å². The minimum Gasteiger partial charge on any atom is -0.481 e. The number of nitrogens with zero attached hydrogens (tertiary/aromatic N) is 1. The van der Waals surface area contributed by atoms with Crippen LogP contribution in [-0.4, -0.2) is 36.9 Å². The molecule has 8 heteroatoms. The summed E-state index contributed by atoms with van der Waals surface area (Å²) in [5.74, 6) is -1.61. The summed E-state index contributed by atoms with van der Waals surface area (Å²) in [5.41, 5.74) is 0. The Hall–Kier alpha value is -0.630. The lowest BCUT2D eigenvalue weighted by molar-refractivity contribution is -0.142. The number of piperidine rings is 1. The summed E-state index contributed by atoms with van der Waals surface area (Å²) in [4.78, 5) is 11.1. The molecule has 0 radical (unpaired) electrons. The molecule has 0 bridgehead atoms. The number of hydrogen-bond donors (Lipinski definition) is 1. The van der Waals surface area contributed by atoms with Crippen LogP contribution in [0.4, 0.5) is 0 Å². The normalized spacial score (nSPS) is 20.8. The topological polar surface area (TPSA) is 74.7 Å². The number of carbonyl (C=O) groups is 1. The van der Waals surface area contributed by atoms with Gasteiger partial charge in [0, 0.05) is 22.6 Å². The van der Waals surface area contributed by atoms with Crippen LogP contribution in [0.1, 0.15) is 12.8 Å². The molecule has 1 aromatic rings. The van der Waals surface area contributed by atoms with Gasteiger partial charge in [0.05, 0.1) is 10.8 Å². The second-order valence-electron chi connectivity index (χ2n) is 4.62. The summed E-state index contributed by atoms with van der Waals surface area (Å²) >= 11 is 8.99. The standard InChI is InChI=1S/C12H13BrClNO4S/c13-10-6-9(14)3-4-11(10)20(18,19)15-5-1-2-8(7-15)12(16)17/h3-4,6,8H,1-2,5,7H2,(H,16,17). The maximum absolute atomic E-state index is 12.5. The number of carboxylic acid groups (broad SMARTS) is 1. The zero-order chi connectivity index (χ0) is 14.9. The SMILES string of the molecule is O=C(O)C1CCCN(S(=O)(=O)c2ccc(Cl)cc2Br)C1. The van der Waals surface area contributed by atoms with Gasteiger partial charge < -0.3 is 5.11 Å². The molecule has 0 aromatic heterocycles. The third-order valence-electron chi connectivity index (χ3n) is 3.25. The van der Waals surface area contributed by atoms with Gasteiger partial charge in [0.2, 0.25) is 10.0 Å². The maximum atomic E-state index is 12.5. The molecule has 1 fully saturated rings. The van der Waals surface area contributed by atoms with Crippen molar-refractivity contribution in [2.24, 2.45) is 5.92 Å². The quantitative estimate of drug-likeness (QED) is 0.872. The molecule has 1 heterocycles. The van der Waals surface area contributed by atoms with Gasteiger partial charge in [-0.3, -0.25) is 4.79 Å². The molecule has 1 N–H and O–H groups in total. The first kappa shape index (κ1) is 15.8. The highest BCUT2D eigenvalue weighted by Gasteiger charge is 2.34. The van der Waals surface area contributed by atoms with E-state index in [0.717, 1.165) is 0 Å². The van der Waals surface area contributed by atoms with E-state index in [2.05, 4.69) is 15.9 Å². The van der Waals surface area contributed by atoms with Gasteiger partial charge in [0.15, 0.2) is 0 Å². The summed E-state index contributed by atoms with van der Waals surface area (Å²) in [7, 11) is -3.71. The summed E-state index contributed by atoms with van der Waals surface area (Å²) in [6.45, 7) is 0.341. The number of aliphatic carboxylic acids is 1.